The molecule has 0 fully saturated rings. The van der Waals surface area contributed by atoms with Crippen molar-refractivity contribution in [3.05, 3.63) is 74.5 Å². The molecular weight excluding hydrogens is 302 g/mol. The monoisotopic (exact) mass is 321 g/mol. The van der Waals surface area contributed by atoms with E-state index in [2.05, 4.69) is 24.9 Å². The second-order valence-corrected chi connectivity index (χ2v) is 6.31. The van der Waals surface area contributed by atoms with Gasteiger partial charge >= 0.3 is 0 Å². The number of allylic oxidation sites excluding steroid dienone is 1. The molecule has 1 aromatic carbocycles. The van der Waals surface area contributed by atoms with Crippen molar-refractivity contribution in [2.24, 2.45) is 5.73 Å². The van der Waals surface area contributed by atoms with Gasteiger partial charge in [0.1, 0.15) is 17.4 Å². The molecule has 3 rings (SSSR count). The van der Waals surface area contributed by atoms with E-state index in [1.54, 1.807) is 13.0 Å². The summed E-state index contributed by atoms with van der Waals surface area (Å²) in [4.78, 5) is 15.3. The summed E-state index contributed by atoms with van der Waals surface area (Å²) >= 11 is 0. The van der Waals surface area contributed by atoms with Crippen molar-refractivity contribution in [2.45, 2.75) is 32.6 Å². The Morgan fingerprint density at radius 1 is 1.29 bits per heavy atom. The van der Waals surface area contributed by atoms with Gasteiger partial charge in [-0.05, 0) is 24.0 Å². The van der Waals surface area contributed by atoms with Crippen LogP contribution in [0.25, 0.3) is 0 Å². The molecule has 1 aliphatic heterocycles. The molecule has 0 saturated carbocycles. The summed E-state index contributed by atoms with van der Waals surface area (Å²) in [7, 11) is 0. The van der Waals surface area contributed by atoms with Crippen LogP contribution in [0.4, 0.5) is 0 Å². The molecule has 0 aliphatic carbocycles. The Morgan fingerprint density at radius 2 is 1.96 bits per heavy atom. The number of aromatic amines is 1. The van der Waals surface area contributed by atoms with Crippen LogP contribution in [0.1, 0.15) is 48.1 Å². The zero-order chi connectivity index (χ0) is 17.4. The number of rotatable bonds is 2. The smallest absolute Gasteiger partial charge is 0.256 e. The van der Waals surface area contributed by atoms with Crippen molar-refractivity contribution in [3.63, 3.8) is 0 Å². The molecule has 5 heteroatoms. The minimum absolute atomic E-state index is 0.0490. The van der Waals surface area contributed by atoms with Gasteiger partial charge in [-0.3, -0.25) is 4.79 Å². The van der Waals surface area contributed by atoms with Crippen molar-refractivity contribution in [1.29, 1.82) is 5.26 Å². The number of H-pyrrole nitrogens is 1. The summed E-state index contributed by atoms with van der Waals surface area (Å²) in [6.45, 7) is 6.01. The van der Waals surface area contributed by atoms with Crippen molar-refractivity contribution in [1.82, 2.24) is 4.98 Å². The van der Waals surface area contributed by atoms with Gasteiger partial charge in [0.05, 0.1) is 11.5 Å². The highest BCUT2D eigenvalue weighted by Gasteiger charge is 2.33. The third-order valence-electron chi connectivity index (χ3n) is 4.29. The van der Waals surface area contributed by atoms with Gasteiger partial charge in [-0.2, -0.15) is 5.26 Å². The van der Waals surface area contributed by atoms with Crippen LogP contribution in [-0.2, 0) is 0 Å². The number of nitrogens with one attached hydrogen (secondary N) is 1. The Bertz CT molecular complexity index is 915. The molecule has 5 nitrogen and oxygen atoms in total. The Hall–Kier alpha value is -3.00. The number of hydrogen-bond donors (Lipinski definition) is 2. The minimum Gasteiger partial charge on any atom is -0.440 e. The van der Waals surface area contributed by atoms with E-state index in [0.717, 1.165) is 5.56 Å². The summed E-state index contributed by atoms with van der Waals surface area (Å²) in [5.74, 6) is 0.339. The average molecular weight is 321 g/mol. The maximum Gasteiger partial charge on any atom is 0.256 e. The summed E-state index contributed by atoms with van der Waals surface area (Å²) < 4.78 is 5.53. The van der Waals surface area contributed by atoms with E-state index in [-0.39, 0.29) is 17.0 Å². The average Bonchev–Trinajstić information content (AvgIpc) is 2.53. The molecule has 2 heterocycles. The third-order valence-corrected chi connectivity index (χ3v) is 4.29. The van der Waals surface area contributed by atoms with Gasteiger partial charge in [0.15, 0.2) is 0 Å². The highest BCUT2D eigenvalue weighted by Crippen LogP contribution is 2.40. The SMILES string of the molecule is Cc1cc2c(c(=O)[nH]1)C(c1ccc(C(C)C)cc1)C(C#N)=C(N)O2. The predicted octanol–water partition coefficient (Wildman–Crippen LogP) is 3.02. The van der Waals surface area contributed by atoms with E-state index < -0.39 is 5.92 Å². The van der Waals surface area contributed by atoms with Crippen molar-refractivity contribution in [2.75, 3.05) is 0 Å². The van der Waals surface area contributed by atoms with Crippen LogP contribution in [0.15, 0.2) is 46.6 Å². The van der Waals surface area contributed by atoms with Gasteiger partial charge in [-0.1, -0.05) is 38.1 Å². The Balaban J connectivity index is 2.22. The topological polar surface area (TPSA) is 91.9 Å². The van der Waals surface area contributed by atoms with E-state index in [4.69, 9.17) is 10.5 Å². The number of ether oxygens (including phenoxy) is 1. The van der Waals surface area contributed by atoms with Crippen molar-refractivity contribution in [3.8, 4) is 11.8 Å². The second kappa shape index (κ2) is 5.89. The fraction of sp³-hybridized carbons (Fsp3) is 0.263. The third kappa shape index (κ3) is 2.56. The lowest BCUT2D eigenvalue weighted by molar-refractivity contribution is 0.391. The van der Waals surface area contributed by atoms with E-state index in [1.807, 2.05) is 24.3 Å². The van der Waals surface area contributed by atoms with Crippen LogP contribution in [0.5, 0.6) is 5.75 Å². The number of fused-ring (bicyclic) bond motifs is 1. The maximum absolute atomic E-state index is 12.5. The molecule has 0 spiro atoms. The molecule has 0 radical (unpaired) electrons. The summed E-state index contributed by atoms with van der Waals surface area (Å²) in [6.07, 6.45) is 0. The quantitative estimate of drug-likeness (QED) is 0.889. The largest absolute Gasteiger partial charge is 0.440 e. The van der Waals surface area contributed by atoms with E-state index in [0.29, 0.717) is 22.9 Å². The molecule has 24 heavy (non-hydrogen) atoms. The van der Waals surface area contributed by atoms with Gasteiger partial charge in [0.25, 0.3) is 5.56 Å². The first-order chi connectivity index (χ1) is 11.4. The van der Waals surface area contributed by atoms with Crippen LogP contribution < -0.4 is 16.0 Å². The fourth-order valence-corrected chi connectivity index (χ4v) is 3.01. The van der Waals surface area contributed by atoms with E-state index in [9.17, 15) is 10.1 Å². The number of nitrogens with zero attached hydrogens (tertiary/aromatic N) is 1. The molecule has 3 N–H and O–H groups in total. The van der Waals surface area contributed by atoms with Gasteiger partial charge in [0.2, 0.25) is 5.88 Å². The maximum atomic E-state index is 12.5. The first-order valence-corrected chi connectivity index (χ1v) is 7.83. The number of aryl methyl sites for hydroxylation is 1. The fourth-order valence-electron chi connectivity index (χ4n) is 3.01. The lowest BCUT2D eigenvalue weighted by atomic mass is 9.83. The highest BCUT2D eigenvalue weighted by atomic mass is 16.5. The van der Waals surface area contributed by atoms with Crippen LogP contribution in [0, 0.1) is 18.3 Å². The standard InChI is InChI=1S/C19H19N3O2/c1-10(2)12-4-6-13(7-5-12)16-14(9-20)18(21)24-15-8-11(3)22-19(23)17(15)16/h4-8,10,16H,21H2,1-3H3,(H,22,23). The van der Waals surface area contributed by atoms with Crippen LogP contribution in [0.2, 0.25) is 0 Å². The molecule has 0 bridgehead atoms. The number of aromatic nitrogens is 1. The van der Waals surface area contributed by atoms with Gasteiger partial charge < -0.3 is 15.5 Å². The summed E-state index contributed by atoms with van der Waals surface area (Å²) in [5, 5.41) is 9.53. The minimum atomic E-state index is -0.524. The normalized spacial score (nSPS) is 16.5. The molecule has 0 saturated heterocycles. The molecule has 1 unspecified atom stereocenters. The summed E-state index contributed by atoms with van der Waals surface area (Å²) in [5.41, 5.74) is 9.07. The van der Waals surface area contributed by atoms with Gasteiger partial charge in [0, 0.05) is 11.8 Å². The Morgan fingerprint density at radius 3 is 2.54 bits per heavy atom. The van der Waals surface area contributed by atoms with E-state index in [1.165, 1.54) is 5.56 Å². The molecular formula is C19H19N3O2. The first kappa shape index (κ1) is 15.9. The molecule has 1 aliphatic rings. The number of pyridine rings is 1. The van der Waals surface area contributed by atoms with Crippen molar-refractivity contribution >= 4 is 0 Å². The van der Waals surface area contributed by atoms with Gasteiger partial charge in [-0.15, -0.1) is 0 Å². The van der Waals surface area contributed by atoms with E-state index >= 15 is 0 Å². The number of nitriles is 1. The first-order valence-electron chi connectivity index (χ1n) is 7.83. The van der Waals surface area contributed by atoms with Crippen LogP contribution in [-0.4, -0.2) is 4.98 Å². The van der Waals surface area contributed by atoms with Crippen LogP contribution in [0.3, 0.4) is 0 Å². The second-order valence-electron chi connectivity index (χ2n) is 6.31. The zero-order valence-corrected chi connectivity index (χ0v) is 13.9. The highest BCUT2D eigenvalue weighted by molar-refractivity contribution is 5.55. The molecule has 122 valence electrons. The molecule has 1 atom stereocenters. The number of nitrogens with two attached hydrogens (primary N) is 1. The summed E-state index contributed by atoms with van der Waals surface area (Å²) in [6, 6.07) is 11.7. The lowest BCUT2D eigenvalue weighted by Crippen LogP contribution is -2.28. The van der Waals surface area contributed by atoms with Crippen LogP contribution >= 0.6 is 0 Å². The Labute approximate surface area is 140 Å². The lowest BCUT2D eigenvalue weighted by Gasteiger charge is -2.26. The Kier molecular flexibility index (Phi) is 3.90. The number of hydrogen-bond acceptors (Lipinski definition) is 4. The predicted molar refractivity (Wildman–Crippen MR) is 91.6 cm³/mol. The zero-order valence-electron chi connectivity index (χ0n) is 13.9. The molecule has 0 amide bonds. The number of benzene rings is 1. The van der Waals surface area contributed by atoms with Crippen molar-refractivity contribution < 1.29 is 4.74 Å². The van der Waals surface area contributed by atoms with Gasteiger partial charge in [-0.25, -0.2) is 0 Å². The molecule has 2 aromatic rings. The molecule has 1 aromatic heterocycles.